The minimum Gasteiger partial charge on any atom is -0.369 e. The molecule has 7 heteroatoms. The predicted octanol–water partition coefficient (Wildman–Crippen LogP) is 2.43. The van der Waals surface area contributed by atoms with Crippen molar-refractivity contribution in [1.29, 1.82) is 0 Å². The maximum atomic E-state index is 13.2. The maximum absolute atomic E-state index is 13.2. The van der Waals surface area contributed by atoms with Crippen LogP contribution >= 0.6 is 0 Å². The minimum atomic E-state index is -0.420. The number of nitrogens with one attached hydrogen (secondary N) is 2. The molecule has 0 radical (unpaired) electrons. The number of hydrogen-bond donors (Lipinski definition) is 4. The van der Waals surface area contributed by atoms with Crippen molar-refractivity contribution in [3.8, 4) is 0 Å². The van der Waals surface area contributed by atoms with E-state index in [2.05, 4.69) is 52.2 Å². The van der Waals surface area contributed by atoms with Gasteiger partial charge >= 0.3 is 0 Å². The smallest absolute Gasteiger partial charge is 0.233 e. The van der Waals surface area contributed by atoms with Gasteiger partial charge in [0.15, 0.2) is 0 Å². The summed E-state index contributed by atoms with van der Waals surface area (Å²) in [5.74, 6) is -0.940. The van der Waals surface area contributed by atoms with Gasteiger partial charge in [0.1, 0.15) is 0 Å². The first kappa shape index (κ1) is 28.4. The summed E-state index contributed by atoms with van der Waals surface area (Å²) in [7, 11) is 0. The highest BCUT2D eigenvalue weighted by Crippen LogP contribution is 2.47. The van der Waals surface area contributed by atoms with E-state index >= 15 is 0 Å². The van der Waals surface area contributed by atoms with Crippen molar-refractivity contribution in [3.05, 3.63) is 0 Å². The van der Waals surface area contributed by atoms with Crippen LogP contribution < -0.4 is 22.1 Å². The lowest BCUT2D eigenvalue weighted by molar-refractivity contribution is -0.139. The highest BCUT2D eigenvalue weighted by molar-refractivity contribution is 5.81. The van der Waals surface area contributed by atoms with Crippen molar-refractivity contribution in [2.45, 2.75) is 74.7 Å². The second-order valence-electron chi connectivity index (χ2n) is 10.5. The van der Waals surface area contributed by atoms with Crippen LogP contribution in [0.25, 0.3) is 0 Å². The van der Waals surface area contributed by atoms with Crippen molar-refractivity contribution in [1.82, 2.24) is 10.6 Å². The van der Waals surface area contributed by atoms with Crippen LogP contribution in [0.15, 0.2) is 0 Å². The number of hydrogen-bond acceptors (Lipinski definition) is 4. The van der Waals surface area contributed by atoms with E-state index in [1.807, 2.05) is 13.8 Å². The Hall–Kier alpha value is -1.63. The third-order valence-corrected chi connectivity index (χ3v) is 6.32. The average Bonchev–Trinajstić information content (AvgIpc) is 2.58. The zero-order valence-electron chi connectivity index (χ0n) is 20.4. The molecule has 0 aromatic rings. The molecule has 0 bridgehead atoms. The van der Waals surface area contributed by atoms with E-state index in [9.17, 15) is 14.4 Å². The molecule has 3 amide bonds. The van der Waals surface area contributed by atoms with E-state index in [-0.39, 0.29) is 53.4 Å². The molecule has 0 spiro atoms. The van der Waals surface area contributed by atoms with E-state index in [0.29, 0.717) is 13.1 Å². The van der Waals surface area contributed by atoms with Gasteiger partial charge in [-0.2, -0.15) is 0 Å². The topological polar surface area (TPSA) is 127 Å². The monoisotopic (exact) mass is 426 g/mol. The van der Waals surface area contributed by atoms with Gasteiger partial charge in [0.05, 0.1) is 6.54 Å². The predicted molar refractivity (Wildman–Crippen MR) is 122 cm³/mol. The van der Waals surface area contributed by atoms with Crippen molar-refractivity contribution in [3.63, 3.8) is 0 Å². The molecule has 0 aromatic carbocycles. The minimum absolute atomic E-state index is 0.00615. The lowest BCUT2D eigenvalue weighted by Gasteiger charge is -2.46. The Balaban J connectivity index is 5.01. The molecule has 3 atom stereocenters. The van der Waals surface area contributed by atoms with E-state index in [1.54, 1.807) is 0 Å². The highest BCUT2D eigenvalue weighted by atomic mass is 16.2. The van der Waals surface area contributed by atoms with Gasteiger partial charge in [-0.3, -0.25) is 14.4 Å². The van der Waals surface area contributed by atoms with Crippen LogP contribution in [0.3, 0.4) is 0 Å². The number of unbranched alkanes of at least 4 members (excludes halogenated alkanes) is 2. The van der Waals surface area contributed by atoms with Gasteiger partial charge < -0.3 is 22.1 Å². The number of carbonyl (C=O) groups is 3. The van der Waals surface area contributed by atoms with Crippen molar-refractivity contribution < 1.29 is 14.4 Å². The largest absolute Gasteiger partial charge is 0.369 e. The summed E-state index contributed by atoms with van der Waals surface area (Å²) >= 11 is 0. The van der Waals surface area contributed by atoms with E-state index < -0.39 is 5.41 Å². The first-order valence-corrected chi connectivity index (χ1v) is 11.2. The SMILES string of the molecule is CC(C)C(C(N)=O)C(C)(C)C(C)C(C(=O)NCCCCCNC(=O)CN)C(C)(C)C. The van der Waals surface area contributed by atoms with Crippen molar-refractivity contribution in [2.24, 2.45) is 46.0 Å². The van der Waals surface area contributed by atoms with Crippen molar-refractivity contribution in [2.75, 3.05) is 19.6 Å². The van der Waals surface area contributed by atoms with Gasteiger partial charge in [-0.1, -0.05) is 55.4 Å². The second-order valence-corrected chi connectivity index (χ2v) is 10.5. The third-order valence-electron chi connectivity index (χ3n) is 6.32. The summed E-state index contributed by atoms with van der Waals surface area (Å²) in [4.78, 5) is 36.5. The molecule has 3 unspecified atom stereocenters. The summed E-state index contributed by atoms with van der Waals surface area (Å²) in [6.07, 6.45) is 2.60. The fourth-order valence-corrected chi connectivity index (χ4v) is 4.69. The summed E-state index contributed by atoms with van der Waals surface area (Å²) in [6, 6.07) is 0. The number of carbonyl (C=O) groups excluding carboxylic acids is 3. The number of nitrogens with two attached hydrogens (primary N) is 2. The fraction of sp³-hybridized carbons (Fsp3) is 0.870. The molecule has 176 valence electrons. The Kier molecular flexibility index (Phi) is 11.6. The molecule has 0 heterocycles. The molecule has 0 aromatic heterocycles. The summed E-state index contributed by atoms with van der Waals surface area (Å²) in [5, 5.41) is 5.83. The molecule has 6 N–H and O–H groups in total. The Morgan fingerprint density at radius 3 is 1.73 bits per heavy atom. The van der Waals surface area contributed by atoms with Crippen LogP contribution in [0.4, 0.5) is 0 Å². The lowest BCUT2D eigenvalue weighted by atomic mass is 9.58. The van der Waals surface area contributed by atoms with Gasteiger partial charge in [-0.05, 0) is 41.9 Å². The van der Waals surface area contributed by atoms with Crippen molar-refractivity contribution >= 4 is 17.7 Å². The zero-order valence-corrected chi connectivity index (χ0v) is 20.4. The summed E-state index contributed by atoms with van der Waals surface area (Å²) < 4.78 is 0. The molecule has 0 aliphatic carbocycles. The zero-order chi connectivity index (χ0) is 23.7. The Bertz CT molecular complexity index is 567. The molecule has 0 aliphatic rings. The lowest BCUT2D eigenvalue weighted by Crippen LogP contribution is -2.51. The van der Waals surface area contributed by atoms with Crippen LogP contribution in [-0.2, 0) is 14.4 Å². The standard InChI is InChI=1S/C23H46N4O3/c1-15(2)18(20(25)29)23(7,8)16(3)19(22(4,5)6)21(30)27-13-11-9-10-12-26-17(28)14-24/h15-16,18-19H,9-14,24H2,1-8H3,(H2,25,29)(H,26,28)(H,27,30). The molecule has 0 rings (SSSR count). The number of primary amides is 1. The molecule has 0 fully saturated rings. The van der Waals surface area contributed by atoms with Crippen LogP contribution in [-0.4, -0.2) is 37.4 Å². The van der Waals surface area contributed by atoms with Crippen LogP contribution in [0.1, 0.15) is 74.7 Å². The van der Waals surface area contributed by atoms with E-state index in [4.69, 9.17) is 11.5 Å². The molecular weight excluding hydrogens is 380 g/mol. The summed E-state index contributed by atoms with van der Waals surface area (Å²) in [5.41, 5.74) is 10.3. The van der Waals surface area contributed by atoms with Gasteiger partial charge in [0.2, 0.25) is 17.7 Å². The second kappa shape index (κ2) is 12.3. The van der Waals surface area contributed by atoms with Crippen LogP contribution in [0.5, 0.6) is 0 Å². The van der Waals surface area contributed by atoms with Gasteiger partial charge in [-0.15, -0.1) is 0 Å². The molecule has 0 saturated carbocycles. The molecule has 0 aliphatic heterocycles. The first-order valence-electron chi connectivity index (χ1n) is 11.2. The molecule has 30 heavy (non-hydrogen) atoms. The van der Waals surface area contributed by atoms with Gasteiger partial charge in [-0.25, -0.2) is 0 Å². The van der Waals surface area contributed by atoms with E-state index in [1.165, 1.54) is 0 Å². The normalized spacial score (nSPS) is 15.4. The molecular formula is C23H46N4O3. The molecule has 0 saturated heterocycles. The summed E-state index contributed by atoms with van der Waals surface area (Å²) in [6.45, 7) is 17.6. The van der Waals surface area contributed by atoms with Crippen LogP contribution in [0.2, 0.25) is 0 Å². The van der Waals surface area contributed by atoms with Gasteiger partial charge in [0.25, 0.3) is 0 Å². The molecule has 7 nitrogen and oxygen atoms in total. The van der Waals surface area contributed by atoms with Gasteiger partial charge in [0, 0.05) is 24.9 Å². The Morgan fingerprint density at radius 1 is 0.833 bits per heavy atom. The van der Waals surface area contributed by atoms with E-state index in [0.717, 1.165) is 19.3 Å². The Morgan fingerprint density at radius 2 is 1.33 bits per heavy atom. The maximum Gasteiger partial charge on any atom is 0.233 e. The first-order chi connectivity index (χ1) is 13.7. The van der Waals surface area contributed by atoms with Crippen LogP contribution in [0, 0.1) is 34.5 Å². The fourth-order valence-electron chi connectivity index (χ4n) is 4.69. The third kappa shape index (κ3) is 8.62. The quantitative estimate of drug-likeness (QED) is 0.337. The number of amides is 3. The Labute approximate surface area is 183 Å². The highest BCUT2D eigenvalue weighted by Gasteiger charge is 2.48. The number of rotatable bonds is 13. The average molecular weight is 427 g/mol.